The number of hydrogen-bond acceptors (Lipinski definition) is 14. The molecule has 0 saturated heterocycles. The highest BCUT2D eigenvalue weighted by molar-refractivity contribution is 5.90. The predicted molar refractivity (Wildman–Crippen MR) is 179 cm³/mol. The van der Waals surface area contributed by atoms with Crippen LogP contribution in [-0.4, -0.2) is 101 Å². The Morgan fingerprint density at radius 3 is 2.18 bits per heavy atom. The molecule has 10 N–H and O–H groups in total. The number of aliphatic carboxylic acids is 1. The lowest BCUT2D eigenvalue weighted by Crippen LogP contribution is -2.76. The summed E-state index contributed by atoms with van der Waals surface area (Å²) in [5.41, 5.74) is -4.20. The molecule has 1 fully saturated rings. The summed E-state index contributed by atoms with van der Waals surface area (Å²) >= 11 is 0. The Balaban J connectivity index is 1.87. The van der Waals surface area contributed by atoms with Crippen molar-refractivity contribution in [3.8, 4) is 23.0 Å². The highest BCUT2D eigenvalue weighted by Crippen LogP contribution is 2.47. The molecule has 1 aliphatic carbocycles. The summed E-state index contributed by atoms with van der Waals surface area (Å²) in [4.78, 5) is 39.7. The van der Waals surface area contributed by atoms with E-state index in [1.54, 1.807) is 24.3 Å². The molecule has 1 saturated carbocycles. The Labute approximate surface area is 291 Å². The van der Waals surface area contributed by atoms with Crippen LogP contribution in [0.4, 0.5) is 0 Å². The lowest BCUT2D eigenvalue weighted by atomic mass is 9.62. The molecule has 6 atom stereocenters. The first-order valence-corrected chi connectivity index (χ1v) is 15.7. The second-order valence-electron chi connectivity index (χ2n) is 12.1. The van der Waals surface area contributed by atoms with Gasteiger partial charge in [0.25, 0.3) is 0 Å². The van der Waals surface area contributed by atoms with Gasteiger partial charge in [-0.2, -0.15) is 0 Å². The minimum atomic E-state index is -2.84. The van der Waals surface area contributed by atoms with Gasteiger partial charge in [0.2, 0.25) is 5.60 Å². The lowest BCUT2D eigenvalue weighted by molar-refractivity contribution is -0.284. The van der Waals surface area contributed by atoms with Gasteiger partial charge in [-0.15, -0.1) is 0 Å². The highest BCUT2D eigenvalue weighted by Gasteiger charge is 2.69. The smallest absolute Gasteiger partial charge is 0.336 e. The van der Waals surface area contributed by atoms with Gasteiger partial charge in [0.15, 0.2) is 40.9 Å². The zero-order valence-electron chi connectivity index (χ0n) is 27.5. The van der Waals surface area contributed by atoms with Gasteiger partial charge in [0, 0.05) is 24.0 Å². The summed E-state index contributed by atoms with van der Waals surface area (Å²) in [6, 6.07) is 13.6. The molecule has 0 aromatic heterocycles. The monoisotopic (exact) mass is 709 g/mol. The summed E-state index contributed by atoms with van der Waals surface area (Å²) in [6.07, 6.45) is -4.68. The van der Waals surface area contributed by atoms with Crippen molar-refractivity contribution in [3.05, 3.63) is 95.1 Å². The fourth-order valence-electron chi connectivity index (χ4n) is 6.09. The molecule has 0 radical (unpaired) electrons. The van der Waals surface area contributed by atoms with Crippen LogP contribution in [0.15, 0.2) is 72.8 Å². The maximum absolute atomic E-state index is 13.5. The van der Waals surface area contributed by atoms with Gasteiger partial charge in [-0.3, -0.25) is 5.32 Å². The van der Waals surface area contributed by atoms with Crippen molar-refractivity contribution in [2.24, 2.45) is 5.92 Å². The molecule has 15 heteroatoms. The van der Waals surface area contributed by atoms with E-state index in [2.05, 4.69) is 5.32 Å². The summed E-state index contributed by atoms with van der Waals surface area (Å²) in [6.45, 7) is 1.88. The van der Waals surface area contributed by atoms with Gasteiger partial charge in [0.1, 0.15) is 11.9 Å². The molecule has 51 heavy (non-hydrogen) atoms. The molecule has 0 spiro atoms. The molecule has 0 heterocycles. The van der Waals surface area contributed by atoms with Crippen LogP contribution in [0.3, 0.4) is 0 Å². The maximum atomic E-state index is 13.5. The Bertz CT molecular complexity index is 1840. The average Bonchev–Trinajstić information content (AvgIpc) is 3.09. The van der Waals surface area contributed by atoms with E-state index in [1.165, 1.54) is 13.1 Å². The van der Waals surface area contributed by atoms with Gasteiger partial charge in [0.05, 0.1) is 6.08 Å². The number of ether oxygens (including phenoxy) is 2. The van der Waals surface area contributed by atoms with Crippen molar-refractivity contribution in [2.75, 3.05) is 7.05 Å². The third-order valence-corrected chi connectivity index (χ3v) is 8.83. The van der Waals surface area contributed by atoms with E-state index in [4.69, 9.17) is 9.47 Å². The number of phenolic OH excluding ortho intramolecular Hbond substituents is 4. The number of carbonyl (C=O) groups is 3. The first-order chi connectivity index (χ1) is 24.0. The second-order valence-corrected chi connectivity index (χ2v) is 12.1. The number of rotatable bonds is 12. The molecule has 0 aliphatic heterocycles. The number of hydrogen-bond donors (Lipinski definition) is 10. The topological polar surface area (TPSA) is 264 Å². The molecule has 3 aromatic rings. The van der Waals surface area contributed by atoms with Crippen LogP contribution in [0, 0.1) is 5.92 Å². The number of likely N-dealkylation sites (N-methyl/N-ethyl adjacent to an activating group) is 1. The normalized spacial score (nSPS) is 24.2. The molecule has 0 bridgehead atoms. The number of carboxylic acid groups (broad SMARTS) is 1. The number of aryl methyl sites for hydroxylation is 1. The first-order valence-electron chi connectivity index (χ1n) is 15.7. The Hall–Kier alpha value is -5.61. The fourth-order valence-corrected chi connectivity index (χ4v) is 6.09. The number of aliphatic hydroxyl groups is 4. The maximum Gasteiger partial charge on any atom is 0.336 e. The Morgan fingerprint density at radius 2 is 1.57 bits per heavy atom. The first kappa shape index (κ1) is 38.2. The molecular weight excluding hydrogens is 670 g/mol. The lowest BCUT2D eigenvalue weighted by Gasteiger charge is -2.54. The quantitative estimate of drug-likeness (QED) is 0.0423. The molecular formula is C36H39NO14. The van der Waals surface area contributed by atoms with E-state index >= 15 is 0 Å². The molecule has 3 aromatic carbocycles. The van der Waals surface area contributed by atoms with E-state index in [0.29, 0.717) is 18.1 Å². The van der Waals surface area contributed by atoms with E-state index in [9.17, 15) is 60.3 Å². The fraction of sp³-hybridized carbons (Fsp3) is 0.306. The largest absolute Gasteiger partial charge is 0.507 e. The Morgan fingerprint density at radius 1 is 0.922 bits per heavy atom. The van der Waals surface area contributed by atoms with Crippen molar-refractivity contribution in [1.29, 1.82) is 0 Å². The van der Waals surface area contributed by atoms with Gasteiger partial charge in [-0.05, 0) is 73.0 Å². The zero-order valence-corrected chi connectivity index (χ0v) is 27.5. The predicted octanol–water partition coefficient (Wildman–Crippen LogP) is 1.85. The van der Waals surface area contributed by atoms with Crippen molar-refractivity contribution >= 4 is 29.7 Å². The van der Waals surface area contributed by atoms with Crippen molar-refractivity contribution in [1.82, 2.24) is 5.32 Å². The van der Waals surface area contributed by atoms with Gasteiger partial charge in [-0.25, -0.2) is 14.4 Å². The van der Waals surface area contributed by atoms with E-state index in [1.807, 2.05) is 6.92 Å². The van der Waals surface area contributed by atoms with Crippen LogP contribution >= 0.6 is 0 Å². The SMILES string of the molecule is CCc1cccc(CC2C(OC(=O)C=C(O)c3ccc(O)c(O)c3)C(OC(=O)C=Cc3ccc(O)c(O)c3)(C(O)NC)C(O)CC2(O)C(=O)O)c1. The number of carbonyl (C=O) groups excluding carboxylic acids is 2. The van der Waals surface area contributed by atoms with E-state index in [0.717, 1.165) is 48.0 Å². The molecule has 6 unspecified atom stereocenters. The van der Waals surface area contributed by atoms with Crippen LogP contribution in [0.2, 0.25) is 0 Å². The number of phenols is 4. The van der Waals surface area contributed by atoms with Crippen LogP contribution in [0.1, 0.15) is 35.6 Å². The third-order valence-electron chi connectivity index (χ3n) is 8.83. The molecule has 0 amide bonds. The summed E-state index contributed by atoms with van der Waals surface area (Å²) in [5, 5.41) is 97.0. The standard InChI is InChI=1S/C36H39NO14/c1-3-19-5-4-6-21(13-19)14-23-32(50-31(45)17-26(40)22-9-11-25(39)28(42)16-22)36(33(46)37-2,29(43)18-35(23,49)34(47)48)51-30(44)12-8-20-7-10-24(38)27(41)15-20/h4-13,15-17,23,29,32-33,37-43,46,49H,3,14,18H2,1-2H3,(H,47,48). The number of aliphatic hydroxyl groups excluding tert-OH is 3. The van der Waals surface area contributed by atoms with Crippen LogP contribution in [0.5, 0.6) is 23.0 Å². The minimum absolute atomic E-state index is 0.153. The van der Waals surface area contributed by atoms with Crippen LogP contribution in [0.25, 0.3) is 11.8 Å². The van der Waals surface area contributed by atoms with Crippen molar-refractivity contribution in [3.63, 3.8) is 0 Å². The van der Waals surface area contributed by atoms with E-state index in [-0.39, 0.29) is 17.5 Å². The number of aromatic hydroxyl groups is 4. The minimum Gasteiger partial charge on any atom is -0.507 e. The molecule has 1 aliphatic rings. The number of benzene rings is 3. The van der Waals surface area contributed by atoms with Gasteiger partial charge >= 0.3 is 17.9 Å². The Kier molecular flexibility index (Phi) is 11.6. The summed E-state index contributed by atoms with van der Waals surface area (Å²) < 4.78 is 11.4. The van der Waals surface area contributed by atoms with Crippen molar-refractivity contribution < 1.29 is 69.8 Å². The number of esters is 2. The molecule has 4 rings (SSSR count). The number of carboxylic acids is 1. The van der Waals surface area contributed by atoms with Gasteiger partial charge < -0.3 is 55.4 Å². The van der Waals surface area contributed by atoms with E-state index < -0.39 is 88.6 Å². The third kappa shape index (κ3) is 8.07. The summed E-state index contributed by atoms with van der Waals surface area (Å²) in [7, 11) is 1.21. The second kappa shape index (κ2) is 15.5. The summed E-state index contributed by atoms with van der Waals surface area (Å²) in [5.74, 6) is -9.05. The molecule has 15 nitrogen and oxygen atoms in total. The zero-order chi connectivity index (χ0) is 37.7. The van der Waals surface area contributed by atoms with Gasteiger partial charge in [-0.1, -0.05) is 37.3 Å². The van der Waals surface area contributed by atoms with Crippen LogP contribution in [-0.2, 0) is 36.7 Å². The highest BCUT2D eigenvalue weighted by atomic mass is 16.6. The van der Waals surface area contributed by atoms with Crippen LogP contribution < -0.4 is 5.32 Å². The number of nitrogens with one attached hydrogen (secondary N) is 1. The average molecular weight is 710 g/mol. The molecule has 272 valence electrons. The van der Waals surface area contributed by atoms with Crippen molar-refractivity contribution in [2.45, 2.75) is 55.8 Å².